The van der Waals surface area contributed by atoms with E-state index in [4.69, 9.17) is 0 Å². The maximum absolute atomic E-state index is 2.67. The van der Waals surface area contributed by atoms with Gasteiger partial charge in [-0.05, 0) is 0 Å². The van der Waals surface area contributed by atoms with Crippen LogP contribution in [0.5, 0.6) is 0 Å². The average molecular weight is 303 g/mol. The van der Waals surface area contributed by atoms with Gasteiger partial charge >= 0.3 is 94.4 Å². The van der Waals surface area contributed by atoms with Crippen molar-refractivity contribution in [2.24, 2.45) is 0 Å². The summed E-state index contributed by atoms with van der Waals surface area (Å²) in [6.07, 6.45) is 2.41. The Bertz CT molecular complexity index is 333. The molecule has 0 amide bonds. The van der Waals surface area contributed by atoms with Gasteiger partial charge < -0.3 is 0 Å². The van der Waals surface area contributed by atoms with Crippen LogP contribution in [0, 0.1) is 0 Å². The Morgan fingerprint density at radius 1 is 1.36 bits per heavy atom. The van der Waals surface area contributed by atoms with Gasteiger partial charge in [-0.2, -0.15) is 0 Å². The summed E-state index contributed by atoms with van der Waals surface area (Å²) in [5, 5.41) is 0. The molecule has 78 valence electrons. The molecule has 1 aromatic rings. The Hall–Kier alpha value is -0.250. The summed E-state index contributed by atoms with van der Waals surface area (Å²) in [6, 6.07) is 7.01. The van der Waals surface area contributed by atoms with Gasteiger partial charge in [-0.15, -0.1) is 0 Å². The Morgan fingerprint density at radius 2 is 2.14 bits per heavy atom. The van der Waals surface area contributed by atoms with Crippen LogP contribution in [0.25, 0.3) is 0 Å². The molecule has 0 fully saturated rings. The van der Waals surface area contributed by atoms with E-state index in [9.17, 15) is 0 Å². The van der Waals surface area contributed by atoms with E-state index in [1.165, 1.54) is 18.5 Å². The molecule has 1 aliphatic rings. The zero-order chi connectivity index (χ0) is 10.1. The van der Waals surface area contributed by atoms with Crippen molar-refractivity contribution in [2.45, 2.75) is 19.8 Å². The molecule has 0 bridgehead atoms. The van der Waals surface area contributed by atoms with E-state index < -0.39 is 20.1 Å². The fourth-order valence-corrected chi connectivity index (χ4v) is 4.65. The van der Waals surface area contributed by atoms with Crippen molar-refractivity contribution in [3.8, 4) is 0 Å². The molecule has 0 radical (unpaired) electrons. The quantitative estimate of drug-likeness (QED) is 0.460. The van der Waals surface area contributed by atoms with Crippen molar-refractivity contribution in [2.75, 3.05) is 19.5 Å². The van der Waals surface area contributed by atoms with E-state index in [1.54, 1.807) is 11.3 Å². The van der Waals surface area contributed by atoms with Crippen LogP contribution in [0.3, 0.4) is 0 Å². The molecule has 0 atom stereocenters. The van der Waals surface area contributed by atoms with Crippen LogP contribution in [0.1, 0.15) is 18.1 Å². The number of aryl methyl sites for hydroxylation is 1. The normalized spacial score (nSPS) is 15.6. The summed E-state index contributed by atoms with van der Waals surface area (Å²) in [7, 11) is 0. The van der Waals surface area contributed by atoms with Crippen LogP contribution in [0.2, 0.25) is 0 Å². The second-order valence-corrected chi connectivity index (χ2v) is 9.12. The predicted molar refractivity (Wildman–Crippen MR) is 72.7 cm³/mol. The molecule has 0 saturated carbocycles. The first kappa shape index (κ1) is 10.3. The number of hydrogen-bond donors (Lipinski definition) is 0. The van der Waals surface area contributed by atoms with Gasteiger partial charge in [0, 0.05) is 0 Å². The third-order valence-electron chi connectivity index (χ3n) is 2.80. The van der Waals surface area contributed by atoms with Gasteiger partial charge in [-0.25, -0.2) is 0 Å². The summed E-state index contributed by atoms with van der Waals surface area (Å²) in [4.78, 5) is 4.86. The zero-order valence-electron chi connectivity index (χ0n) is 9.18. The molecule has 0 saturated heterocycles. The van der Waals surface area contributed by atoms with Gasteiger partial charge in [0.2, 0.25) is 0 Å². The molecule has 1 aromatic carbocycles. The van der Waals surface area contributed by atoms with Crippen molar-refractivity contribution < 1.29 is 0 Å². The number of fused-ring (bicyclic) bond motifs is 1. The topological polar surface area (TPSA) is 3.24 Å². The number of nitrogens with zero attached hydrogens (tertiary/aromatic N) is 1. The Morgan fingerprint density at radius 3 is 2.79 bits per heavy atom. The first-order chi connectivity index (χ1) is 6.72. The van der Waals surface area contributed by atoms with Gasteiger partial charge in [0.1, 0.15) is 0 Å². The molecule has 0 N–H and O–H groups in total. The van der Waals surface area contributed by atoms with Crippen LogP contribution in [-0.2, 0) is 12.8 Å². The summed E-state index contributed by atoms with van der Waals surface area (Å²) < 4.78 is 2.67. The molecular formula is C12H18IN. The monoisotopic (exact) mass is 303 g/mol. The van der Waals surface area contributed by atoms with Crippen molar-refractivity contribution in [3.05, 3.63) is 29.3 Å². The minimum absolute atomic E-state index is 0.823. The summed E-state index contributed by atoms with van der Waals surface area (Å²) in [6.45, 7) is 3.50. The third kappa shape index (κ3) is 1.76. The molecule has 2 heteroatoms. The van der Waals surface area contributed by atoms with Crippen molar-refractivity contribution >= 4 is 25.8 Å². The predicted octanol–water partition coefficient (Wildman–Crippen LogP) is 3.29. The Labute approximate surface area is 94.2 Å². The molecule has 1 nitrogen and oxygen atoms in total. The van der Waals surface area contributed by atoms with E-state index in [0.29, 0.717) is 0 Å². The van der Waals surface area contributed by atoms with Gasteiger partial charge in [-0.1, -0.05) is 0 Å². The molecule has 1 heterocycles. The van der Waals surface area contributed by atoms with Crippen LogP contribution in [0.4, 0.5) is 5.69 Å². The fraction of sp³-hybridized carbons (Fsp3) is 0.500. The summed E-state index contributed by atoms with van der Waals surface area (Å²) in [5.41, 5.74) is 4.58. The minimum atomic E-state index is -0.823. The van der Waals surface area contributed by atoms with E-state index in [-0.39, 0.29) is 0 Å². The van der Waals surface area contributed by atoms with Crippen molar-refractivity contribution in [1.82, 2.24) is 0 Å². The number of anilines is 1. The van der Waals surface area contributed by atoms with E-state index >= 15 is 0 Å². The van der Waals surface area contributed by atoms with E-state index in [1.807, 2.05) is 0 Å². The molecule has 0 unspecified atom stereocenters. The van der Waals surface area contributed by atoms with E-state index in [0.717, 1.165) is 6.42 Å². The maximum atomic E-state index is 2.67. The number of hydrogen-bond acceptors (Lipinski definition) is 1. The molecule has 0 spiro atoms. The molecule has 14 heavy (non-hydrogen) atoms. The summed E-state index contributed by atoms with van der Waals surface area (Å²) >= 11 is -0.823. The Balaban J connectivity index is 2.37. The standard InChI is InChI=1S/C12H18IN/c1-4-10-5-6-11-7-8-14(13(2)3)12(11)9-10/h5-6,9H,4,7-8H2,1-3H3. The third-order valence-corrected chi connectivity index (χ3v) is 6.14. The van der Waals surface area contributed by atoms with Crippen molar-refractivity contribution in [1.29, 1.82) is 0 Å². The first-order valence-electron chi connectivity index (χ1n) is 5.12. The second-order valence-electron chi connectivity index (χ2n) is 3.87. The van der Waals surface area contributed by atoms with Gasteiger partial charge in [0.25, 0.3) is 0 Å². The first-order valence-corrected chi connectivity index (χ1v) is 10.4. The number of halogens is 1. The molecular weight excluding hydrogens is 285 g/mol. The van der Waals surface area contributed by atoms with E-state index in [2.05, 4.69) is 38.1 Å². The number of alkyl halides is 2. The SMILES string of the molecule is CCc1ccc2c(c1)N(I(C)C)CC2. The molecule has 0 aliphatic carbocycles. The van der Waals surface area contributed by atoms with Gasteiger partial charge in [0.05, 0.1) is 0 Å². The van der Waals surface area contributed by atoms with Crippen LogP contribution in [0.15, 0.2) is 18.2 Å². The number of benzene rings is 1. The van der Waals surface area contributed by atoms with Crippen LogP contribution >= 0.6 is 20.1 Å². The fourth-order valence-electron chi connectivity index (χ4n) is 1.96. The average Bonchev–Trinajstić information content (AvgIpc) is 2.59. The van der Waals surface area contributed by atoms with Gasteiger partial charge in [0.15, 0.2) is 0 Å². The van der Waals surface area contributed by atoms with Crippen LogP contribution in [-0.4, -0.2) is 16.4 Å². The van der Waals surface area contributed by atoms with Crippen LogP contribution < -0.4 is 3.11 Å². The number of rotatable bonds is 2. The molecule has 0 aromatic heterocycles. The Kier molecular flexibility index (Phi) is 3.00. The molecule has 1 aliphatic heterocycles. The summed E-state index contributed by atoms with van der Waals surface area (Å²) in [5.74, 6) is 0. The van der Waals surface area contributed by atoms with Crippen molar-refractivity contribution in [3.63, 3.8) is 0 Å². The second kappa shape index (κ2) is 4.09. The zero-order valence-corrected chi connectivity index (χ0v) is 11.3. The van der Waals surface area contributed by atoms with Gasteiger partial charge in [-0.3, -0.25) is 0 Å². The molecule has 2 rings (SSSR count).